The number of nitrogens with two attached hydrogens (primary N) is 1. The Hall–Kier alpha value is -1.01. The molecule has 3 N–H and O–H groups in total. The van der Waals surface area contributed by atoms with Gasteiger partial charge in [0, 0.05) is 12.5 Å². The average Bonchev–Trinajstić information content (AvgIpc) is 2.43. The lowest BCUT2D eigenvalue weighted by Gasteiger charge is -2.12. The molecule has 1 heterocycles. The predicted octanol–water partition coefficient (Wildman–Crippen LogP) is 1.55. The monoisotopic (exact) mass is 257 g/mol. The number of hydrogen-bond acceptors (Lipinski definition) is 4. The van der Waals surface area contributed by atoms with Gasteiger partial charge in [0.05, 0.1) is 15.7 Å². The van der Waals surface area contributed by atoms with E-state index in [9.17, 15) is 4.79 Å². The van der Waals surface area contributed by atoms with Crippen LogP contribution in [0.15, 0.2) is 0 Å². The molecule has 88 valence electrons. The summed E-state index contributed by atoms with van der Waals surface area (Å²) in [6.07, 6.45) is 0.512. The van der Waals surface area contributed by atoms with E-state index in [0.717, 1.165) is 10.7 Å². The number of amides is 1. The lowest BCUT2D eigenvalue weighted by Crippen LogP contribution is -2.35. The van der Waals surface area contributed by atoms with E-state index >= 15 is 0 Å². The highest BCUT2D eigenvalue weighted by molar-refractivity contribution is 7.80. The number of hydrogen-bond donors (Lipinski definition) is 2. The Balaban J connectivity index is 2.65. The molecule has 1 rings (SSSR count). The maximum atomic E-state index is 11.8. The van der Waals surface area contributed by atoms with Crippen LogP contribution >= 0.6 is 23.6 Å². The minimum absolute atomic E-state index is 0.0493. The van der Waals surface area contributed by atoms with Crippen LogP contribution in [-0.4, -0.2) is 21.9 Å². The van der Waals surface area contributed by atoms with E-state index in [-0.39, 0.29) is 11.9 Å². The molecule has 1 amide bonds. The summed E-state index contributed by atoms with van der Waals surface area (Å²) in [5.41, 5.74) is 6.18. The van der Waals surface area contributed by atoms with Crippen LogP contribution in [0.4, 0.5) is 0 Å². The van der Waals surface area contributed by atoms with Gasteiger partial charge in [-0.15, -0.1) is 11.3 Å². The molecule has 0 fully saturated rings. The van der Waals surface area contributed by atoms with Gasteiger partial charge < -0.3 is 11.1 Å². The van der Waals surface area contributed by atoms with E-state index < -0.39 is 0 Å². The highest BCUT2D eigenvalue weighted by Crippen LogP contribution is 2.16. The van der Waals surface area contributed by atoms with Crippen LogP contribution in [0.25, 0.3) is 0 Å². The lowest BCUT2D eigenvalue weighted by atomic mass is 10.2. The van der Waals surface area contributed by atoms with Crippen LogP contribution < -0.4 is 11.1 Å². The van der Waals surface area contributed by atoms with Gasteiger partial charge in [-0.25, -0.2) is 4.98 Å². The summed E-state index contributed by atoms with van der Waals surface area (Å²) in [5, 5.41) is 3.74. The van der Waals surface area contributed by atoms with Gasteiger partial charge >= 0.3 is 0 Å². The van der Waals surface area contributed by atoms with E-state index in [4.69, 9.17) is 18.0 Å². The average molecular weight is 257 g/mol. The first kappa shape index (κ1) is 13.1. The van der Waals surface area contributed by atoms with Crippen LogP contribution in [0, 0.1) is 13.8 Å². The van der Waals surface area contributed by atoms with Crippen LogP contribution in [-0.2, 0) is 0 Å². The summed E-state index contributed by atoms with van der Waals surface area (Å²) in [4.78, 5) is 17.1. The Labute approximate surface area is 104 Å². The second-order valence-electron chi connectivity index (χ2n) is 3.69. The number of carbonyl (C=O) groups is 1. The van der Waals surface area contributed by atoms with Gasteiger partial charge in [0.25, 0.3) is 5.91 Å². The van der Waals surface area contributed by atoms with Crippen LogP contribution in [0.1, 0.15) is 33.7 Å². The highest BCUT2D eigenvalue weighted by Gasteiger charge is 2.15. The molecule has 0 aliphatic rings. The topological polar surface area (TPSA) is 68.0 Å². The summed E-state index contributed by atoms with van der Waals surface area (Å²) in [7, 11) is 0. The second kappa shape index (κ2) is 5.36. The molecule has 1 unspecified atom stereocenters. The Morgan fingerprint density at radius 3 is 2.69 bits per heavy atom. The van der Waals surface area contributed by atoms with E-state index in [1.165, 1.54) is 11.3 Å². The van der Waals surface area contributed by atoms with Crippen LogP contribution in [0.5, 0.6) is 0 Å². The van der Waals surface area contributed by atoms with Crippen molar-refractivity contribution in [1.29, 1.82) is 0 Å². The Kier molecular flexibility index (Phi) is 4.37. The maximum Gasteiger partial charge on any atom is 0.263 e. The molecular formula is C10H15N3OS2. The normalized spacial score (nSPS) is 12.2. The van der Waals surface area contributed by atoms with Gasteiger partial charge in [-0.1, -0.05) is 12.2 Å². The van der Waals surface area contributed by atoms with E-state index in [2.05, 4.69) is 10.3 Å². The highest BCUT2D eigenvalue weighted by atomic mass is 32.1. The molecular weight excluding hydrogens is 242 g/mol. The first-order valence-corrected chi connectivity index (χ1v) is 6.15. The number of thiazole rings is 1. The third-order valence-corrected chi connectivity index (χ3v) is 3.23. The number of aryl methyl sites for hydroxylation is 2. The van der Waals surface area contributed by atoms with Crippen molar-refractivity contribution in [1.82, 2.24) is 10.3 Å². The summed E-state index contributed by atoms with van der Waals surface area (Å²) in [6, 6.07) is -0.0493. The molecule has 0 aliphatic carbocycles. The van der Waals surface area contributed by atoms with Gasteiger partial charge in [0.2, 0.25) is 0 Å². The summed E-state index contributed by atoms with van der Waals surface area (Å²) in [5.74, 6) is -0.105. The molecule has 16 heavy (non-hydrogen) atoms. The molecule has 1 atom stereocenters. The Morgan fingerprint density at radius 2 is 2.25 bits per heavy atom. The number of aromatic nitrogens is 1. The molecule has 0 spiro atoms. The van der Waals surface area contributed by atoms with Crippen molar-refractivity contribution >= 4 is 34.5 Å². The van der Waals surface area contributed by atoms with Gasteiger partial charge in [-0.3, -0.25) is 4.79 Å². The zero-order valence-electron chi connectivity index (χ0n) is 9.53. The van der Waals surface area contributed by atoms with E-state index in [1.807, 2.05) is 20.8 Å². The number of rotatable bonds is 4. The van der Waals surface area contributed by atoms with E-state index in [0.29, 0.717) is 16.3 Å². The fourth-order valence-electron chi connectivity index (χ4n) is 1.38. The van der Waals surface area contributed by atoms with Crippen LogP contribution in [0.2, 0.25) is 0 Å². The first-order chi connectivity index (χ1) is 7.40. The third-order valence-electron chi connectivity index (χ3n) is 1.99. The smallest absolute Gasteiger partial charge is 0.263 e. The minimum atomic E-state index is -0.105. The standard InChI is InChI=1S/C10H15N3OS2/c1-5(4-8(11)15)12-10(14)9-6(2)13-7(3)16-9/h5H,4H2,1-3H3,(H2,11,15)(H,12,14). The van der Waals surface area contributed by atoms with Crippen molar-refractivity contribution in [3.05, 3.63) is 15.6 Å². The third kappa shape index (κ3) is 3.53. The molecule has 0 bridgehead atoms. The molecule has 4 nitrogen and oxygen atoms in total. The van der Waals surface area contributed by atoms with Crippen molar-refractivity contribution < 1.29 is 4.79 Å². The van der Waals surface area contributed by atoms with Crippen molar-refractivity contribution in [3.8, 4) is 0 Å². The molecule has 0 saturated heterocycles. The van der Waals surface area contributed by atoms with Gasteiger partial charge in [0.1, 0.15) is 4.88 Å². The van der Waals surface area contributed by atoms with Crippen LogP contribution in [0.3, 0.4) is 0 Å². The van der Waals surface area contributed by atoms with Gasteiger partial charge in [-0.2, -0.15) is 0 Å². The maximum absolute atomic E-state index is 11.8. The summed E-state index contributed by atoms with van der Waals surface area (Å²) >= 11 is 6.18. The summed E-state index contributed by atoms with van der Waals surface area (Å²) < 4.78 is 0. The molecule has 0 aromatic carbocycles. The quantitative estimate of drug-likeness (QED) is 0.803. The Morgan fingerprint density at radius 1 is 1.62 bits per heavy atom. The molecule has 0 radical (unpaired) electrons. The summed E-state index contributed by atoms with van der Waals surface area (Å²) in [6.45, 7) is 5.59. The number of nitrogens with one attached hydrogen (secondary N) is 1. The largest absolute Gasteiger partial charge is 0.393 e. The van der Waals surface area contributed by atoms with Crippen molar-refractivity contribution in [2.75, 3.05) is 0 Å². The number of thiocarbonyl (C=S) groups is 1. The molecule has 1 aromatic rings. The zero-order valence-corrected chi connectivity index (χ0v) is 11.2. The predicted molar refractivity (Wildman–Crippen MR) is 69.9 cm³/mol. The van der Waals surface area contributed by atoms with Crippen molar-refractivity contribution in [2.45, 2.75) is 33.2 Å². The zero-order chi connectivity index (χ0) is 12.3. The fraction of sp³-hybridized carbons (Fsp3) is 0.500. The minimum Gasteiger partial charge on any atom is -0.393 e. The van der Waals surface area contributed by atoms with Gasteiger partial charge in [-0.05, 0) is 20.8 Å². The number of nitrogens with zero attached hydrogens (tertiary/aromatic N) is 1. The van der Waals surface area contributed by atoms with Crippen molar-refractivity contribution in [3.63, 3.8) is 0 Å². The SMILES string of the molecule is Cc1nc(C)c(C(=O)NC(C)CC(N)=S)s1. The van der Waals surface area contributed by atoms with Crippen molar-refractivity contribution in [2.24, 2.45) is 5.73 Å². The van der Waals surface area contributed by atoms with E-state index in [1.54, 1.807) is 0 Å². The van der Waals surface area contributed by atoms with Gasteiger partial charge in [0.15, 0.2) is 0 Å². The molecule has 1 aromatic heterocycles. The second-order valence-corrected chi connectivity index (χ2v) is 5.42. The lowest BCUT2D eigenvalue weighted by molar-refractivity contribution is 0.0944. The first-order valence-electron chi connectivity index (χ1n) is 4.93. The molecule has 6 heteroatoms. The molecule has 0 saturated carbocycles. The Bertz CT molecular complexity index is 414. The molecule has 0 aliphatic heterocycles. The number of carbonyl (C=O) groups excluding carboxylic acids is 1. The fourth-order valence-corrected chi connectivity index (χ4v) is 2.46.